The number of nitrogens with one attached hydrogen (secondary N) is 1. The summed E-state index contributed by atoms with van der Waals surface area (Å²) in [5.41, 5.74) is 6.76. The van der Waals surface area contributed by atoms with Gasteiger partial charge < -0.3 is 11.1 Å². The molecule has 2 rings (SSSR count). The molecule has 1 aromatic carbocycles. The molecule has 0 spiro atoms. The van der Waals surface area contributed by atoms with Gasteiger partial charge in [0.15, 0.2) is 0 Å². The highest BCUT2D eigenvalue weighted by Gasteiger charge is 2.25. The minimum Gasteiger partial charge on any atom is -0.349 e. The fraction of sp³-hybridized carbons (Fsp3) is 0.533. The Labute approximate surface area is 125 Å². The zero-order valence-electron chi connectivity index (χ0n) is 11.6. The van der Waals surface area contributed by atoms with E-state index in [1.165, 1.54) is 12.1 Å². The van der Waals surface area contributed by atoms with E-state index in [0.717, 1.165) is 31.2 Å². The van der Waals surface area contributed by atoms with Crippen LogP contribution >= 0.6 is 12.4 Å². The first-order chi connectivity index (χ1) is 9.06. The molecule has 1 atom stereocenters. The smallest absolute Gasteiger partial charge is 0.223 e. The number of halogens is 2. The third-order valence-corrected chi connectivity index (χ3v) is 3.87. The van der Waals surface area contributed by atoms with Crippen molar-refractivity contribution in [2.24, 2.45) is 11.7 Å². The van der Waals surface area contributed by atoms with Gasteiger partial charge in [0, 0.05) is 12.0 Å². The molecule has 3 N–H and O–H groups in total. The van der Waals surface area contributed by atoms with Crippen LogP contribution < -0.4 is 11.1 Å². The topological polar surface area (TPSA) is 55.1 Å². The summed E-state index contributed by atoms with van der Waals surface area (Å²) in [7, 11) is 0. The first-order valence-corrected chi connectivity index (χ1v) is 6.87. The van der Waals surface area contributed by atoms with Crippen molar-refractivity contribution in [1.29, 1.82) is 0 Å². The molecule has 1 amide bonds. The Morgan fingerprint density at radius 3 is 2.35 bits per heavy atom. The van der Waals surface area contributed by atoms with E-state index >= 15 is 0 Å². The molecule has 0 aliphatic heterocycles. The summed E-state index contributed by atoms with van der Waals surface area (Å²) < 4.78 is 12.8. The Bertz CT molecular complexity index is 430. The summed E-state index contributed by atoms with van der Waals surface area (Å²) in [4.78, 5) is 12.1. The summed E-state index contributed by atoms with van der Waals surface area (Å²) >= 11 is 0. The summed E-state index contributed by atoms with van der Waals surface area (Å²) in [5.74, 6) is -0.102. The van der Waals surface area contributed by atoms with Crippen LogP contribution in [0.1, 0.15) is 44.2 Å². The highest BCUT2D eigenvalue weighted by molar-refractivity contribution is 5.85. The van der Waals surface area contributed by atoms with E-state index in [1.54, 1.807) is 12.1 Å². The van der Waals surface area contributed by atoms with Gasteiger partial charge in [-0.3, -0.25) is 4.79 Å². The molecule has 1 aliphatic rings. The van der Waals surface area contributed by atoms with Crippen LogP contribution in [0.5, 0.6) is 0 Å². The van der Waals surface area contributed by atoms with Crippen LogP contribution in [-0.4, -0.2) is 11.9 Å². The maximum absolute atomic E-state index is 12.8. The SMILES string of the molecule is C[C@@H](NC(=O)C1CCC(N)CC1)c1ccc(F)cc1.Cl. The first kappa shape index (κ1) is 16.9. The lowest BCUT2D eigenvalue weighted by Crippen LogP contribution is -2.37. The molecule has 0 heterocycles. The average Bonchev–Trinajstić information content (AvgIpc) is 2.40. The van der Waals surface area contributed by atoms with E-state index in [2.05, 4.69) is 5.32 Å². The van der Waals surface area contributed by atoms with Crippen molar-refractivity contribution in [3.8, 4) is 0 Å². The molecule has 1 saturated carbocycles. The molecule has 1 aliphatic carbocycles. The maximum Gasteiger partial charge on any atom is 0.223 e. The predicted octanol–water partition coefficient (Wildman–Crippen LogP) is 2.94. The molecule has 3 nitrogen and oxygen atoms in total. The molecule has 1 fully saturated rings. The molecule has 0 aromatic heterocycles. The fourth-order valence-electron chi connectivity index (χ4n) is 2.55. The Morgan fingerprint density at radius 1 is 1.25 bits per heavy atom. The van der Waals surface area contributed by atoms with Gasteiger partial charge >= 0.3 is 0 Å². The standard InChI is InChI=1S/C15H21FN2O.ClH/c1-10(11-2-6-13(16)7-3-11)18-15(19)12-4-8-14(17)9-5-12;/h2-3,6-7,10,12,14H,4-5,8-9,17H2,1H3,(H,18,19);1H/t10-,12?,14?;/m1./s1. The number of rotatable bonds is 3. The largest absolute Gasteiger partial charge is 0.349 e. The zero-order valence-corrected chi connectivity index (χ0v) is 12.5. The number of carbonyl (C=O) groups excluding carboxylic acids is 1. The van der Waals surface area contributed by atoms with Crippen molar-refractivity contribution < 1.29 is 9.18 Å². The number of nitrogens with two attached hydrogens (primary N) is 1. The number of benzene rings is 1. The van der Waals surface area contributed by atoms with Crippen LogP contribution in [0.4, 0.5) is 4.39 Å². The van der Waals surface area contributed by atoms with Crippen molar-refractivity contribution >= 4 is 18.3 Å². The Hall–Kier alpha value is -1.13. The Morgan fingerprint density at radius 2 is 1.80 bits per heavy atom. The van der Waals surface area contributed by atoms with Gasteiger partial charge in [-0.1, -0.05) is 12.1 Å². The second kappa shape index (κ2) is 7.60. The number of hydrogen-bond acceptors (Lipinski definition) is 2. The number of hydrogen-bond donors (Lipinski definition) is 2. The van der Waals surface area contributed by atoms with Gasteiger partial charge in [-0.25, -0.2) is 4.39 Å². The van der Waals surface area contributed by atoms with E-state index in [-0.39, 0.29) is 42.1 Å². The molecule has 1 aromatic rings. The Kier molecular flexibility index (Phi) is 6.43. The molecular weight excluding hydrogens is 279 g/mol. The predicted molar refractivity (Wildman–Crippen MR) is 80.1 cm³/mol. The van der Waals surface area contributed by atoms with Gasteiger partial charge in [0.2, 0.25) is 5.91 Å². The molecule has 0 unspecified atom stereocenters. The minimum atomic E-state index is -0.261. The lowest BCUT2D eigenvalue weighted by atomic mass is 9.85. The summed E-state index contributed by atoms with van der Waals surface area (Å²) in [6, 6.07) is 6.39. The second-order valence-electron chi connectivity index (χ2n) is 5.39. The zero-order chi connectivity index (χ0) is 13.8. The molecule has 112 valence electrons. The van der Waals surface area contributed by atoms with Gasteiger partial charge in [-0.05, 0) is 50.3 Å². The van der Waals surface area contributed by atoms with Gasteiger partial charge in [-0.2, -0.15) is 0 Å². The Balaban J connectivity index is 0.00000200. The van der Waals surface area contributed by atoms with Crippen molar-refractivity contribution in [1.82, 2.24) is 5.32 Å². The summed E-state index contributed by atoms with van der Waals surface area (Å²) in [6.45, 7) is 1.92. The molecule has 0 radical (unpaired) electrons. The van der Waals surface area contributed by atoms with Gasteiger partial charge in [-0.15, -0.1) is 12.4 Å². The highest BCUT2D eigenvalue weighted by Crippen LogP contribution is 2.24. The van der Waals surface area contributed by atoms with Crippen molar-refractivity contribution in [2.45, 2.75) is 44.7 Å². The van der Waals surface area contributed by atoms with E-state index in [0.29, 0.717) is 0 Å². The monoisotopic (exact) mass is 300 g/mol. The van der Waals surface area contributed by atoms with Crippen LogP contribution in [0.3, 0.4) is 0 Å². The van der Waals surface area contributed by atoms with Gasteiger partial charge in [0.05, 0.1) is 6.04 Å². The van der Waals surface area contributed by atoms with Crippen molar-refractivity contribution in [3.05, 3.63) is 35.6 Å². The number of carbonyl (C=O) groups is 1. The molecular formula is C15H22ClFN2O. The average molecular weight is 301 g/mol. The summed E-state index contributed by atoms with van der Waals surface area (Å²) in [5, 5.41) is 3.00. The lowest BCUT2D eigenvalue weighted by Gasteiger charge is -2.26. The third-order valence-electron chi connectivity index (χ3n) is 3.87. The van der Waals surface area contributed by atoms with E-state index in [9.17, 15) is 9.18 Å². The van der Waals surface area contributed by atoms with Crippen LogP contribution in [0, 0.1) is 11.7 Å². The quantitative estimate of drug-likeness (QED) is 0.902. The van der Waals surface area contributed by atoms with Crippen molar-refractivity contribution in [3.63, 3.8) is 0 Å². The third kappa shape index (κ3) is 4.46. The lowest BCUT2D eigenvalue weighted by molar-refractivity contribution is -0.126. The fourth-order valence-corrected chi connectivity index (χ4v) is 2.55. The van der Waals surface area contributed by atoms with Crippen LogP contribution in [0.25, 0.3) is 0 Å². The van der Waals surface area contributed by atoms with Crippen LogP contribution in [-0.2, 0) is 4.79 Å². The van der Waals surface area contributed by atoms with Crippen LogP contribution in [0.2, 0.25) is 0 Å². The van der Waals surface area contributed by atoms with Crippen molar-refractivity contribution in [2.75, 3.05) is 0 Å². The molecule has 5 heteroatoms. The van der Waals surface area contributed by atoms with E-state index in [1.807, 2.05) is 6.92 Å². The molecule has 0 saturated heterocycles. The van der Waals surface area contributed by atoms with E-state index < -0.39 is 0 Å². The van der Waals surface area contributed by atoms with Gasteiger partial charge in [0.25, 0.3) is 0 Å². The van der Waals surface area contributed by atoms with Crippen LogP contribution in [0.15, 0.2) is 24.3 Å². The molecule has 20 heavy (non-hydrogen) atoms. The highest BCUT2D eigenvalue weighted by atomic mass is 35.5. The first-order valence-electron chi connectivity index (χ1n) is 6.87. The normalized spacial score (nSPS) is 23.6. The minimum absolute atomic E-state index is 0. The van der Waals surface area contributed by atoms with E-state index in [4.69, 9.17) is 5.73 Å². The number of amides is 1. The molecule has 0 bridgehead atoms. The second-order valence-corrected chi connectivity index (χ2v) is 5.39. The van der Waals surface area contributed by atoms with Gasteiger partial charge in [0.1, 0.15) is 5.82 Å². The maximum atomic E-state index is 12.8. The summed E-state index contributed by atoms with van der Waals surface area (Å²) in [6.07, 6.45) is 3.57.